The van der Waals surface area contributed by atoms with Crippen LogP contribution < -0.4 is 4.72 Å². The molecule has 6 heteroatoms. The molecule has 0 spiro atoms. The molecule has 0 amide bonds. The van der Waals surface area contributed by atoms with E-state index in [1.807, 2.05) is 36.4 Å². The molecule has 0 saturated heterocycles. The number of aromatic nitrogens is 1. The molecule has 0 fully saturated rings. The molecule has 0 atom stereocenters. The molecule has 1 N–H and O–H groups in total. The average molecular weight is 370 g/mol. The van der Waals surface area contributed by atoms with Crippen molar-refractivity contribution < 1.29 is 13.2 Å². The van der Waals surface area contributed by atoms with Crippen LogP contribution in [0, 0.1) is 0 Å². The molecule has 0 saturated carbocycles. The molecule has 0 unspecified atom stereocenters. The molecule has 0 aliphatic rings. The fourth-order valence-corrected chi connectivity index (χ4v) is 3.63. The summed E-state index contributed by atoms with van der Waals surface area (Å²) in [7, 11) is -3.33. The lowest BCUT2D eigenvalue weighted by atomic mass is 10.0. The molecular formula is C20H22N2O3S. The van der Waals surface area contributed by atoms with E-state index in [0.717, 1.165) is 28.3 Å². The zero-order chi connectivity index (χ0) is 19.1. The summed E-state index contributed by atoms with van der Waals surface area (Å²) in [4.78, 5) is 11.5. The van der Waals surface area contributed by atoms with Crippen molar-refractivity contribution in [2.24, 2.45) is 0 Å². The Hall–Kier alpha value is -2.60. The molecular weight excluding hydrogens is 348 g/mol. The number of nitrogens with zero attached hydrogens (tertiary/aromatic N) is 1. The molecule has 0 bridgehead atoms. The number of ketones is 1. The summed E-state index contributed by atoms with van der Waals surface area (Å²) in [6.45, 7) is 5.72. The van der Waals surface area contributed by atoms with Gasteiger partial charge in [0.05, 0.1) is 17.5 Å². The first-order chi connectivity index (χ1) is 12.2. The number of benzene rings is 2. The van der Waals surface area contributed by atoms with Gasteiger partial charge in [-0.15, -0.1) is 0 Å². The van der Waals surface area contributed by atoms with E-state index < -0.39 is 10.0 Å². The van der Waals surface area contributed by atoms with E-state index in [9.17, 15) is 13.2 Å². The van der Waals surface area contributed by atoms with E-state index in [2.05, 4.69) is 29.3 Å². The second kappa shape index (κ2) is 6.61. The average Bonchev–Trinajstić information content (AvgIpc) is 2.92. The standard InChI is InChI=1S/C20H22N2O3S/c1-13(2)22-12-19(16-7-5-15(6-8-16)14(3)23)18-10-9-17(11-20(18)22)21-26(4,24)25/h5-13,21H,1-4H3. The third kappa shape index (κ3) is 3.65. The first kappa shape index (κ1) is 18.2. The third-order valence-corrected chi connectivity index (χ3v) is 4.90. The molecule has 1 heterocycles. The zero-order valence-electron chi connectivity index (χ0n) is 15.3. The Labute approximate surface area is 153 Å². The van der Waals surface area contributed by atoms with Gasteiger partial charge in [-0.05, 0) is 38.5 Å². The molecule has 2 aromatic carbocycles. The smallest absolute Gasteiger partial charge is 0.229 e. The van der Waals surface area contributed by atoms with Gasteiger partial charge in [-0.2, -0.15) is 0 Å². The highest BCUT2D eigenvalue weighted by Crippen LogP contribution is 2.34. The summed E-state index contributed by atoms with van der Waals surface area (Å²) < 4.78 is 27.7. The molecule has 1 aromatic heterocycles. The number of nitrogens with one attached hydrogen (secondary N) is 1. The minimum absolute atomic E-state index is 0.0395. The highest BCUT2D eigenvalue weighted by Gasteiger charge is 2.14. The van der Waals surface area contributed by atoms with E-state index in [0.29, 0.717) is 11.3 Å². The van der Waals surface area contributed by atoms with Crippen molar-refractivity contribution in [3.05, 3.63) is 54.2 Å². The molecule has 3 aromatic rings. The molecule has 5 nitrogen and oxygen atoms in total. The van der Waals surface area contributed by atoms with Crippen LogP contribution in [0.2, 0.25) is 0 Å². The third-order valence-electron chi connectivity index (χ3n) is 4.30. The molecule has 3 rings (SSSR count). The predicted octanol–water partition coefficient (Wildman–Crippen LogP) is 4.46. The second-order valence-corrected chi connectivity index (χ2v) is 8.53. The van der Waals surface area contributed by atoms with Gasteiger partial charge in [0.25, 0.3) is 0 Å². The first-order valence-corrected chi connectivity index (χ1v) is 10.3. The monoisotopic (exact) mass is 370 g/mol. The lowest BCUT2D eigenvalue weighted by molar-refractivity contribution is 0.101. The maximum absolute atomic E-state index is 11.5. The lowest BCUT2D eigenvalue weighted by Crippen LogP contribution is -2.09. The number of anilines is 1. The summed E-state index contributed by atoms with van der Waals surface area (Å²) in [5, 5.41) is 1.04. The van der Waals surface area contributed by atoms with E-state index in [4.69, 9.17) is 0 Å². The van der Waals surface area contributed by atoms with E-state index in [-0.39, 0.29) is 11.8 Å². The number of carbonyl (C=O) groups is 1. The van der Waals surface area contributed by atoms with Crippen LogP contribution in [0.4, 0.5) is 5.69 Å². The quantitative estimate of drug-likeness (QED) is 0.674. The fourth-order valence-electron chi connectivity index (χ4n) is 3.07. The van der Waals surface area contributed by atoms with Crippen molar-refractivity contribution in [3.63, 3.8) is 0 Å². The number of hydrogen-bond acceptors (Lipinski definition) is 3. The normalized spacial score (nSPS) is 11.9. The minimum Gasteiger partial charge on any atom is -0.344 e. The molecule has 0 aliphatic heterocycles. The van der Waals surface area contributed by atoms with Crippen molar-refractivity contribution >= 4 is 32.4 Å². The largest absolute Gasteiger partial charge is 0.344 e. The number of carbonyl (C=O) groups excluding carboxylic acids is 1. The lowest BCUT2D eigenvalue weighted by Gasteiger charge is -2.10. The number of fused-ring (bicyclic) bond motifs is 1. The van der Waals surface area contributed by atoms with Gasteiger partial charge in [0.1, 0.15) is 0 Å². The summed E-state index contributed by atoms with van der Waals surface area (Å²) >= 11 is 0. The zero-order valence-corrected chi connectivity index (χ0v) is 16.1. The van der Waals surface area contributed by atoms with Crippen molar-refractivity contribution in [3.8, 4) is 11.1 Å². The van der Waals surface area contributed by atoms with E-state index in [1.165, 1.54) is 0 Å². The Morgan fingerprint density at radius 3 is 2.27 bits per heavy atom. The van der Waals surface area contributed by atoms with Crippen LogP contribution in [0.25, 0.3) is 22.0 Å². The summed E-state index contributed by atoms with van der Waals surface area (Å²) in [6.07, 6.45) is 3.21. The van der Waals surface area contributed by atoms with Gasteiger partial charge >= 0.3 is 0 Å². The topological polar surface area (TPSA) is 68.2 Å². The van der Waals surface area contributed by atoms with Crippen LogP contribution in [-0.4, -0.2) is 25.0 Å². The Bertz CT molecular complexity index is 1080. The highest BCUT2D eigenvalue weighted by atomic mass is 32.2. The fraction of sp³-hybridized carbons (Fsp3) is 0.250. The molecule has 26 heavy (non-hydrogen) atoms. The number of rotatable bonds is 5. The predicted molar refractivity (Wildman–Crippen MR) is 106 cm³/mol. The van der Waals surface area contributed by atoms with Crippen molar-refractivity contribution in [1.29, 1.82) is 0 Å². The molecule has 0 radical (unpaired) electrons. The maximum Gasteiger partial charge on any atom is 0.229 e. The Balaban J connectivity index is 2.16. The van der Waals surface area contributed by atoms with Crippen LogP contribution in [0.3, 0.4) is 0 Å². The van der Waals surface area contributed by atoms with Gasteiger partial charge in [-0.25, -0.2) is 8.42 Å². The Morgan fingerprint density at radius 1 is 1.08 bits per heavy atom. The molecule has 136 valence electrons. The highest BCUT2D eigenvalue weighted by molar-refractivity contribution is 7.92. The van der Waals surface area contributed by atoms with Crippen molar-refractivity contribution in [2.75, 3.05) is 11.0 Å². The second-order valence-electron chi connectivity index (χ2n) is 6.78. The number of sulfonamides is 1. The van der Waals surface area contributed by atoms with Crippen LogP contribution >= 0.6 is 0 Å². The number of hydrogen-bond donors (Lipinski definition) is 1. The van der Waals surface area contributed by atoms with E-state index in [1.54, 1.807) is 13.0 Å². The Morgan fingerprint density at radius 2 is 1.73 bits per heavy atom. The maximum atomic E-state index is 11.5. The van der Waals surface area contributed by atoms with Crippen molar-refractivity contribution in [1.82, 2.24) is 4.57 Å². The van der Waals surface area contributed by atoms with Gasteiger partial charge < -0.3 is 4.57 Å². The first-order valence-electron chi connectivity index (χ1n) is 8.39. The Kier molecular flexibility index (Phi) is 4.63. The summed E-state index contributed by atoms with van der Waals surface area (Å²) in [5.74, 6) is 0.0395. The summed E-state index contributed by atoms with van der Waals surface area (Å²) in [6, 6.07) is 13.3. The summed E-state index contributed by atoms with van der Waals surface area (Å²) in [5.41, 5.74) is 4.25. The minimum atomic E-state index is -3.33. The van der Waals surface area contributed by atoms with Gasteiger partial charge in [-0.1, -0.05) is 30.3 Å². The van der Waals surface area contributed by atoms with Crippen molar-refractivity contribution in [2.45, 2.75) is 26.8 Å². The van der Waals surface area contributed by atoms with Gasteiger partial charge in [0.2, 0.25) is 10.0 Å². The van der Waals surface area contributed by atoms with Gasteiger partial charge in [0.15, 0.2) is 5.78 Å². The number of Topliss-reactive ketones (excluding diaryl/α,β-unsaturated/α-hetero) is 1. The van der Waals surface area contributed by atoms with Gasteiger partial charge in [0, 0.05) is 28.8 Å². The van der Waals surface area contributed by atoms with Crippen LogP contribution in [0.5, 0.6) is 0 Å². The van der Waals surface area contributed by atoms with Crippen LogP contribution in [0.1, 0.15) is 37.2 Å². The van der Waals surface area contributed by atoms with Crippen LogP contribution in [-0.2, 0) is 10.0 Å². The van der Waals surface area contributed by atoms with E-state index >= 15 is 0 Å². The molecule has 0 aliphatic carbocycles. The SMILES string of the molecule is CC(=O)c1ccc(-c2cn(C(C)C)c3cc(NS(C)(=O)=O)ccc23)cc1. The van der Waals surface area contributed by atoms with Crippen LogP contribution in [0.15, 0.2) is 48.7 Å². The van der Waals surface area contributed by atoms with Gasteiger partial charge in [-0.3, -0.25) is 9.52 Å².